The van der Waals surface area contributed by atoms with E-state index in [4.69, 9.17) is 9.47 Å². The largest absolute Gasteiger partial charge is 0.388 e. The molecule has 176 valence electrons. The highest BCUT2D eigenvalue weighted by molar-refractivity contribution is 5.73. The first kappa shape index (κ1) is 25.5. The first-order valence-corrected chi connectivity index (χ1v) is 11.0. The number of ether oxygens (including phenoxy) is 2. The molecule has 0 saturated carbocycles. The number of carbonyl (C=O) groups is 1. The molecule has 0 aliphatic carbocycles. The number of rotatable bonds is 6. The van der Waals surface area contributed by atoms with E-state index < -0.39 is 18.3 Å². The van der Waals surface area contributed by atoms with E-state index in [1.165, 1.54) is 6.92 Å². The van der Waals surface area contributed by atoms with Crippen molar-refractivity contribution in [3.63, 3.8) is 0 Å². The van der Waals surface area contributed by atoms with Gasteiger partial charge in [0.1, 0.15) is 18.3 Å². The van der Waals surface area contributed by atoms with E-state index in [-0.39, 0.29) is 19.1 Å². The minimum Gasteiger partial charge on any atom is -0.388 e. The fraction of sp³-hybridized carbons (Fsp3) is 0.727. The minimum atomic E-state index is -1.15. The highest BCUT2D eigenvalue weighted by Crippen LogP contribution is 2.12. The monoisotopic (exact) mass is 438 g/mol. The zero-order valence-electron chi connectivity index (χ0n) is 18.9. The van der Waals surface area contributed by atoms with Crippen molar-refractivity contribution in [2.75, 3.05) is 46.0 Å². The summed E-state index contributed by atoms with van der Waals surface area (Å²) in [6.45, 7) is 9.20. The molecule has 0 spiro atoms. The highest BCUT2D eigenvalue weighted by Gasteiger charge is 2.30. The summed E-state index contributed by atoms with van der Waals surface area (Å²) < 4.78 is 11.4. The molecule has 3 atom stereocenters. The first-order chi connectivity index (χ1) is 14.9. The standard InChI is InChI=1S/C22H38N4O5/c1-17(2)7-13-31-21-15-26(18(3)27)11-10-25(14-19-6-8-23-24-19)9-4-5-12-30-16-20(28)22(21)29/h4-6,8,17,20-22,28-29H,7,9-16H2,1-3H3,(H,23,24)/b5-4+/t20-,21-,22-/m1/s1. The van der Waals surface area contributed by atoms with Gasteiger partial charge in [0.2, 0.25) is 5.91 Å². The van der Waals surface area contributed by atoms with Gasteiger partial charge in [-0.3, -0.25) is 14.8 Å². The predicted octanol–water partition coefficient (Wildman–Crippen LogP) is 0.800. The van der Waals surface area contributed by atoms with Gasteiger partial charge in [-0.15, -0.1) is 0 Å². The third kappa shape index (κ3) is 9.49. The summed E-state index contributed by atoms with van der Waals surface area (Å²) in [4.78, 5) is 16.2. The van der Waals surface area contributed by atoms with Crippen molar-refractivity contribution in [1.82, 2.24) is 20.0 Å². The van der Waals surface area contributed by atoms with Crippen LogP contribution in [0.15, 0.2) is 24.4 Å². The lowest BCUT2D eigenvalue weighted by molar-refractivity contribution is -0.139. The summed E-state index contributed by atoms with van der Waals surface area (Å²) in [7, 11) is 0. The number of nitrogens with zero attached hydrogens (tertiary/aromatic N) is 3. The second kappa shape index (κ2) is 13.6. The number of aromatic amines is 1. The quantitative estimate of drug-likeness (QED) is 0.564. The van der Waals surface area contributed by atoms with Crippen LogP contribution in [0.3, 0.4) is 0 Å². The number of aliphatic hydroxyl groups excluding tert-OH is 2. The molecule has 1 amide bonds. The van der Waals surface area contributed by atoms with E-state index >= 15 is 0 Å². The predicted molar refractivity (Wildman–Crippen MR) is 117 cm³/mol. The SMILES string of the molecule is CC(=O)N1CCN(Cc2ccn[nH]2)C/C=C/COC[C@@H](O)[C@@H](O)[C@H](OCCC(C)C)C1. The van der Waals surface area contributed by atoms with Crippen LogP contribution in [0.25, 0.3) is 0 Å². The molecule has 0 unspecified atom stereocenters. The second-order valence-electron chi connectivity index (χ2n) is 8.44. The first-order valence-electron chi connectivity index (χ1n) is 11.0. The van der Waals surface area contributed by atoms with Crippen LogP contribution in [-0.2, 0) is 20.8 Å². The normalized spacial score (nSPS) is 26.0. The van der Waals surface area contributed by atoms with Crippen molar-refractivity contribution in [1.29, 1.82) is 0 Å². The van der Waals surface area contributed by atoms with Crippen LogP contribution >= 0.6 is 0 Å². The molecule has 1 aliphatic heterocycles. The Kier molecular flexibility index (Phi) is 11.2. The van der Waals surface area contributed by atoms with Crippen LogP contribution < -0.4 is 0 Å². The molecule has 2 rings (SSSR count). The summed E-state index contributed by atoms with van der Waals surface area (Å²) in [6, 6.07) is 1.93. The Labute approximate surface area is 185 Å². The van der Waals surface area contributed by atoms with Gasteiger partial charge in [0.25, 0.3) is 0 Å². The molecular formula is C22H38N4O5. The number of nitrogens with one attached hydrogen (secondary N) is 1. The maximum absolute atomic E-state index is 12.3. The molecule has 0 radical (unpaired) electrons. The van der Waals surface area contributed by atoms with Crippen molar-refractivity contribution in [3.05, 3.63) is 30.1 Å². The van der Waals surface area contributed by atoms with Crippen LogP contribution in [0.1, 0.15) is 32.9 Å². The fourth-order valence-electron chi connectivity index (χ4n) is 3.31. The van der Waals surface area contributed by atoms with Crippen molar-refractivity contribution in [3.8, 4) is 0 Å². The number of amides is 1. The number of H-pyrrole nitrogens is 1. The molecule has 0 fully saturated rings. The Hall–Kier alpha value is -1.78. The van der Waals surface area contributed by atoms with Crippen LogP contribution in [0.2, 0.25) is 0 Å². The van der Waals surface area contributed by atoms with Gasteiger partial charge >= 0.3 is 0 Å². The Morgan fingerprint density at radius 1 is 1.35 bits per heavy atom. The van der Waals surface area contributed by atoms with Crippen molar-refractivity contribution < 1.29 is 24.5 Å². The zero-order chi connectivity index (χ0) is 22.6. The lowest BCUT2D eigenvalue weighted by atomic mass is 10.1. The zero-order valence-corrected chi connectivity index (χ0v) is 18.9. The van der Waals surface area contributed by atoms with Crippen LogP contribution in [-0.4, -0.2) is 100 Å². The third-order valence-corrected chi connectivity index (χ3v) is 5.32. The van der Waals surface area contributed by atoms with E-state index in [1.54, 1.807) is 11.1 Å². The maximum atomic E-state index is 12.3. The maximum Gasteiger partial charge on any atom is 0.219 e. The Balaban J connectivity index is 2.12. The van der Waals surface area contributed by atoms with Crippen LogP contribution in [0, 0.1) is 5.92 Å². The van der Waals surface area contributed by atoms with Gasteiger partial charge in [-0.1, -0.05) is 26.0 Å². The van der Waals surface area contributed by atoms with Gasteiger partial charge in [-0.2, -0.15) is 5.10 Å². The van der Waals surface area contributed by atoms with Gasteiger partial charge in [0.05, 0.1) is 13.2 Å². The van der Waals surface area contributed by atoms with E-state index in [0.717, 1.165) is 12.1 Å². The van der Waals surface area contributed by atoms with Crippen molar-refractivity contribution in [2.24, 2.45) is 5.92 Å². The number of aliphatic hydroxyl groups is 2. The molecule has 3 N–H and O–H groups in total. The fourth-order valence-corrected chi connectivity index (χ4v) is 3.31. The van der Waals surface area contributed by atoms with E-state index in [0.29, 0.717) is 45.3 Å². The third-order valence-electron chi connectivity index (χ3n) is 5.32. The van der Waals surface area contributed by atoms with Crippen LogP contribution in [0.4, 0.5) is 0 Å². The number of aromatic nitrogens is 2. The average molecular weight is 439 g/mol. The molecule has 0 saturated heterocycles. The van der Waals surface area contributed by atoms with E-state index in [2.05, 4.69) is 28.9 Å². The smallest absolute Gasteiger partial charge is 0.219 e. The Morgan fingerprint density at radius 3 is 2.84 bits per heavy atom. The minimum absolute atomic E-state index is 0.00647. The summed E-state index contributed by atoms with van der Waals surface area (Å²) in [5, 5.41) is 28.1. The molecule has 1 aromatic rings. The molecule has 31 heavy (non-hydrogen) atoms. The molecule has 9 heteroatoms. The highest BCUT2D eigenvalue weighted by atomic mass is 16.5. The summed E-state index contributed by atoms with van der Waals surface area (Å²) in [5.74, 6) is 0.357. The number of carbonyl (C=O) groups excluding carboxylic acids is 1. The molecule has 9 nitrogen and oxygen atoms in total. The van der Waals surface area contributed by atoms with E-state index in [9.17, 15) is 15.0 Å². The Morgan fingerprint density at radius 2 is 2.16 bits per heavy atom. The topological polar surface area (TPSA) is 111 Å². The average Bonchev–Trinajstić information content (AvgIpc) is 3.23. The second-order valence-corrected chi connectivity index (χ2v) is 8.44. The lowest BCUT2D eigenvalue weighted by Crippen LogP contribution is -2.50. The van der Waals surface area contributed by atoms with Crippen molar-refractivity contribution in [2.45, 2.75) is 52.0 Å². The van der Waals surface area contributed by atoms with Gasteiger partial charge in [-0.05, 0) is 18.4 Å². The van der Waals surface area contributed by atoms with Gasteiger partial charge in [0, 0.05) is 58.1 Å². The van der Waals surface area contributed by atoms with Gasteiger partial charge in [-0.25, -0.2) is 0 Å². The van der Waals surface area contributed by atoms with Crippen molar-refractivity contribution >= 4 is 5.91 Å². The Bertz CT molecular complexity index is 652. The van der Waals surface area contributed by atoms with Gasteiger partial charge in [0.15, 0.2) is 0 Å². The number of hydrogen-bond acceptors (Lipinski definition) is 7. The molecular weight excluding hydrogens is 400 g/mol. The van der Waals surface area contributed by atoms with E-state index in [1.807, 2.05) is 18.2 Å². The molecule has 1 aliphatic rings. The number of hydrogen-bond donors (Lipinski definition) is 3. The molecule has 1 aromatic heterocycles. The summed E-state index contributed by atoms with van der Waals surface area (Å²) >= 11 is 0. The summed E-state index contributed by atoms with van der Waals surface area (Å²) in [6.07, 6.45) is 3.51. The summed E-state index contributed by atoms with van der Waals surface area (Å²) in [5.41, 5.74) is 0.994. The van der Waals surface area contributed by atoms with Crippen LogP contribution in [0.5, 0.6) is 0 Å². The molecule has 0 aromatic carbocycles. The molecule has 0 bridgehead atoms. The lowest BCUT2D eigenvalue weighted by Gasteiger charge is -2.33. The van der Waals surface area contributed by atoms with Gasteiger partial charge < -0.3 is 24.6 Å². The molecule has 2 heterocycles.